The maximum Gasteiger partial charge on any atom is 0.151 e. The van der Waals surface area contributed by atoms with Crippen molar-refractivity contribution in [1.29, 1.82) is 0 Å². The summed E-state index contributed by atoms with van der Waals surface area (Å²) in [5.74, 6) is 0. The van der Waals surface area contributed by atoms with E-state index in [-0.39, 0.29) is 17.3 Å². The first-order valence-corrected chi connectivity index (χ1v) is 9.08. The van der Waals surface area contributed by atoms with E-state index in [1.54, 1.807) is 11.3 Å². The predicted molar refractivity (Wildman–Crippen MR) is 74.7 cm³/mol. The van der Waals surface area contributed by atoms with Crippen LogP contribution < -0.4 is 5.32 Å². The lowest BCUT2D eigenvalue weighted by atomic mass is 10.2. The Morgan fingerprint density at radius 3 is 2.78 bits per heavy atom. The summed E-state index contributed by atoms with van der Waals surface area (Å²) in [6, 6.07) is 0.190. The van der Waals surface area contributed by atoms with Crippen LogP contribution in [0, 0.1) is 6.92 Å². The molecule has 1 heterocycles. The molecule has 102 valence electrons. The zero-order chi connectivity index (χ0) is 13.3. The van der Waals surface area contributed by atoms with E-state index < -0.39 is 9.84 Å². The summed E-state index contributed by atoms with van der Waals surface area (Å²) >= 11 is 1.63. The zero-order valence-corrected chi connectivity index (χ0v) is 12.6. The van der Waals surface area contributed by atoms with E-state index in [4.69, 9.17) is 0 Å². The molecule has 2 rings (SSSR count). The Hall–Kier alpha value is -0.460. The van der Waals surface area contributed by atoms with Gasteiger partial charge in [-0.25, -0.2) is 13.4 Å². The summed E-state index contributed by atoms with van der Waals surface area (Å²) < 4.78 is 23.4. The van der Waals surface area contributed by atoms with Gasteiger partial charge in [-0.15, -0.1) is 11.3 Å². The van der Waals surface area contributed by atoms with Crippen LogP contribution in [-0.2, 0) is 9.84 Å². The van der Waals surface area contributed by atoms with Crippen molar-refractivity contribution >= 4 is 21.2 Å². The number of nitrogens with one attached hydrogen (secondary N) is 1. The number of thiazole rings is 1. The van der Waals surface area contributed by atoms with Crippen LogP contribution in [0.25, 0.3) is 0 Å². The van der Waals surface area contributed by atoms with Crippen LogP contribution in [0.5, 0.6) is 0 Å². The summed E-state index contributed by atoms with van der Waals surface area (Å²) in [6.07, 6.45) is 4.04. The molecule has 1 fully saturated rings. The molecule has 4 nitrogen and oxygen atoms in total. The summed E-state index contributed by atoms with van der Waals surface area (Å²) in [6.45, 7) is 4.03. The SMILES string of the molecule is Cc1csc(C(C)NC2CCCC2S(C)(=O)=O)n1. The smallest absolute Gasteiger partial charge is 0.151 e. The minimum Gasteiger partial charge on any atom is -0.304 e. The van der Waals surface area contributed by atoms with Gasteiger partial charge in [0, 0.05) is 23.4 Å². The van der Waals surface area contributed by atoms with Gasteiger partial charge in [0.15, 0.2) is 9.84 Å². The predicted octanol–water partition coefficient (Wildman–Crippen LogP) is 2.07. The molecule has 0 aromatic carbocycles. The lowest BCUT2D eigenvalue weighted by Gasteiger charge is -2.22. The van der Waals surface area contributed by atoms with Crippen molar-refractivity contribution in [2.75, 3.05) is 6.26 Å². The highest BCUT2D eigenvalue weighted by Crippen LogP contribution is 2.28. The molecule has 0 amide bonds. The largest absolute Gasteiger partial charge is 0.304 e. The van der Waals surface area contributed by atoms with Gasteiger partial charge in [0.2, 0.25) is 0 Å². The molecule has 3 unspecified atom stereocenters. The maximum absolute atomic E-state index is 11.7. The number of hydrogen-bond donors (Lipinski definition) is 1. The second-order valence-corrected chi connectivity index (χ2v) is 8.28. The van der Waals surface area contributed by atoms with Gasteiger partial charge in [0.25, 0.3) is 0 Å². The highest BCUT2D eigenvalue weighted by molar-refractivity contribution is 7.91. The van der Waals surface area contributed by atoms with E-state index in [1.165, 1.54) is 6.26 Å². The molecule has 0 radical (unpaired) electrons. The molecule has 1 aromatic rings. The van der Waals surface area contributed by atoms with Gasteiger partial charge < -0.3 is 5.32 Å². The second kappa shape index (κ2) is 5.27. The molecule has 6 heteroatoms. The molecular weight excluding hydrogens is 268 g/mol. The Bertz CT molecular complexity index is 510. The van der Waals surface area contributed by atoms with E-state index >= 15 is 0 Å². The van der Waals surface area contributed by atoms with E-state index in [0.29, 0.717) is 0 Å². The summed E-state index contributed by atoms with van der Waals surface area (Å²) in [5.41, 5.74) is 1.02. The molecule has 0 spiro atoms. The minimum absolute atomic E-state index is 0.0687. The average molecular weight is 288 g/mol. The first-order chi connectivity index (χ1) is 8.38. The van der Waals surface area contributed by atoms with Gasteiger partial charge in [-0.3, -0.25) is 0 Å². The molecule has 0 aliphatic heterocycles. The molecule has 3 atom stereocenters. The highest BCUT2D eigenvalue weighted by Gasteiger charge is 2.35. The molecule has 18 heavy (non-hydrogen) atoms. The first-order valence-electron chi connectivity index (χ1n) is 6.25. The van der Waals surface area contributed by atoms with E-state index in [9.17, 15) is 8.42 Å². The molecule has 1 aromatic heterocycles. The van der Waals surface area contributed by atoms with Crippen LogP contribution in [0.2, 0.25) is 0 Å². The van der Waals surface area contributed by atoms with Gasteiger partial charge in [0.05, 0.1) is 11.3 Å². The minimum atomic E-state index is -2.95. The third-order valence-electron chi connectivity index (χ3n) is 3.47. The van der Waals surface area contributed by atoms with Crippen molar-refractivity contribution in [3.05, 3.63) is 16.1 Å². The van der Waals surface area contributed by atoms with E-state index in [2.05, 4.69) is 17.2 Å². The molecule has 0 bridgehead atoms. The summed E-state index contributed by atoms with van der Waals surface area (Å²) in [7, 11) is -2.95. The van der Waals surface area contributed by atoms with E-state index in [1.807, 2.05) is 12.3 Å². The molecule has 1 aliphatic rings. The van der Waals surface area contributed by atoms with Crippen LogP contribution in [0.1, 0.15) is 42.9 Å². The zero-order valence-electron chi connectivity index (χ0n) is 11.0. The number of aryl methyl sites for hydroxylation is 1. The maximum atomic E-state index is 11.7. The van der Waals surface area contributed by atoms with E-state index in [0.717, 1.165) is 30.0 Å². The fraction of sp³-hybridized carbons (Fsp3) is 0.750. The van der Waals surface area contributed by atoms with Crippen LogP contribution >= 0.6 is 11.3 Å². The number of aromatic nitrogens is 1. The molecule has 0 saturated heterocycles. The van der Waals surface area contributed by atoms with Crippen LogP contribution in [0.3, 0.4) is 0 Å². The second-order valence-electron chi connectivity index (χ2n) is 5.12. The first kappa shape index (κ1) is 14.0. The van der Waals surface area contributed by atoms with Gasteiger partial charge in [0.1, 0.15) is 5.01 Å². The van der Waals surface area contributed by atoms with Gasteiger partial charge in [-0.2, -0.15) is 0 Å². The van der Waals surface area contributed by atoms with Crippen LogP contribution in [-0.4, -0.2) is 30.9 Å². The van der Waals surface area contributed by atoms with Crippen molar-refractivity contribution in [2.45, 2.75) is 50.4 Å². The quantitative estimate of drug-likeness (QED) is 0.921. The van der Waals surface area contributed by atoms with Crippen molar-refractivity contribution in [3.8, 4) is 0 Å². The Labute approximate surface area is 113 Å². The molecule has 1 N–H and O–H groups in total. The van der Waals surface area contributed by atoms with Crippen molar-refractivity contribution in [2.24, 2.45) is 0 Å². The number of hydrogen-bond acceptors (Lipinski definition) is 5. The lowest BCUT2D eigenvalue weighted by molar-refractivity contribution is 0.454. The standard InChI is InChI=1S/C12H20N2O2S2/c1-8-7-17-12(13-8)9(2)14-10-5-4-6-11(10)18(3,15)16/h7,9-11,14H,4-6H2,1-3H3. The number of rotatable bonds is 4. The highest BCUT2D eigenvalue weighted by atomic mass is 32.2. The normalized spacial score (nSPS) is 26.4. The molecular formula is C12H20N2O2S2. The average Bonchev–Trinajstić information content (AvgIpc) is 2.85. The lowest BCUT2D eigenvalue weighted by Crippen LogP contribution is -2.41. The van der Waals surface area contributed by atoms with Gasteiger partial charge in [-0.1, -0.05) is 6.42 Å². The van der Waals surface area contributed by atoms with Crippen LogP contribution in [0.15, 0.2) is 5.38 Å². The Balaban J connectivity index is 2.05. The Morgan fingerprint density at radius 1 is 1.50 bits per heavy atom. The van der Waals surface area contributed by atoms with Crippen LogP contribution in [0.4, 0.5) is 0 Å². The van der Waals surface area contributed by atoms with Crippen molar-refractivity contribution in [3.63, 3.8) is 0 Å². The summed E-state index contributed by atoms with van der Waals surface area (Å²) in [4.78, 5) is 4.45. The number of nitrogens with zero attached hydrogens (tertiary/aromatic N) is 1. The van der Waals surface area contributed by atoms with Gasteiger partial charge >= 0.3 is 0 Å². The monoisotopic (exact) mass is 288 g/mol. The number of sulfone groups is 1. The van der Waals surface area contributed by atoms with Crippen molar-refractivity contribution in [1.82, 2.24) is 10.3 Å². The third kappa shape index (κ3) is 3.10. The third-order valence-corrected chi connectivity index (χ3v) is 6.28. The summed E-state index contributed by atoms with van der Waals surface area (Å²) in [5, 5.41) is 6.26. The Morgan fingerprint density at radius 2 is 2.22 bits per heavy atom. The molecule has 1 aliphatic carbocycles. The Kier molecular flexibility index (Phi) is 4.08. The van der Waals surface area contributed by atoms with Gasteiger partial charge in [-0.05, 0) is 26.7 Å². The fourth-order valence-corrected chi connectivity index (χ4v) is 4.81. The fourth-order valence-electron chi connectivity index (χ4n) is 2.59. The molecule has 1 saturated carbocycles. The van der Waals surface area contributed by atoms with Crippen molar-refractivity contribution < 1.29 is 8.42 Å². The topological polar surface area (TPSA) is 59.1 Å².